The van der Waals surface area contributed by atoms with Crippen LogP contribution in [-0.2, 0) is 0 Å². The first-order valence-corrected chi connectivity index (χ1v) is 9.65. The van der Waals surface area contributed by atoms with Gasteiger partial charge < -0.3 is 10.0 Å². The highest BCUT2D eigenvalue weighted by atomic mass is 35.5. The van der Waals surface area contributed by atoms with Crippen LogP contribution >= 0.6 is 11.6 Å². The largest absolute Gasteiger partial charge is 0.395 e. The zero-order valence-corrected chi connectivity index (χ0v) is 16.4. The van der Waals surface area contributed by atoms with Crippen LogP contribution in [0, 0.1) is 13.8 Å². The van der Waals surface area contributed by atoms with E-state index in [4.69, 9.17) is 26.8 Å². The number of nitrogens with zero attached hydrogens (tertiary/aromatic N) is 5. The van der Waals surface area contributed by atoms with Crippen LogP contribution in [-0.4, -0.2) is 63.9 Å². The van der Waals surface area contributed by atoms with Gasteiger partial charge in [0.1, 0.15) is 5.82 Å². The van der Waals surface area contributed by atoms with Crippen molar-refractivity contribution in [3.8, 4) is 11.3 Å². The quantitative estimate of drug-likeness (QED) is 0.748. The molecule has 0 atom stereocenters. The zero-order valence-electron chi connectivity index (χ0n) is 15.7. The minimum Gasteiger partial charge on any atom is -0.395 e. The number of aliphatic hydroxyl groups excluding tert-OH is 1. The van der Waals surface area contributed by atoms with E-state index >= 15 is 0 Å². The van der Waals surface area contributed by atoms with Gasteiger partial charge in [-0.3, -0.25) is 4.90 Å². The lowest BCUT2D eigenvalue weighted by Crippen LogP contribution is -2.47. The number of hydrogen-bond donors (Lipinski definition) is 1. The molecule has 0 unspecified atom stereocenters. The minimum absolute atomic E-state index is 0.210. The smallest absolute Gasteiger partial charge is 0.161 e. The van der Waals surface area contributed by atoms with Gasteiger partial charge in [0, 0.05) is 60.6 Å². The van der Waals surface area contributed by atoms with Crippen molar-refractivity contribution in [2.24, 2.45) is 0 Å². The number of halogens is 1. The van der Waals surface area contributed by atoms with Gasteiger partial charge in [0.25, 0.3) is 0 Å². The Bertz CT molecular complexity index is 945. The number of hydrogen-bond acceptors (Lipinski definition) is 5. The molecular formula is C20H24ClN5O. The highest BCUT2D eigenvalue weighted by Gasteiger charge is 2.22. The molecular weight excluding hydrogens is 362 g/mol. The van der Waals surface area contributed by atoms with Crippen molar-refractivity contribution < 1.29 is 5.11 Å². The van der Waals surface area contributed by atoms with E-state index < -0.39 is 0 Å². The van der Waals surface area contributed by atoms with E-state index in [1.165, 1.54) is 0 Å². The van der Waals surface area contributed by atoms with Crippen LogP contribution in [0.2, 0.25) is 5.02 Å². The lowest BCUT2D eigenvalue weighted by molar-refractivity contribution is 0.188. The number of aromatic nitrogens is 3. The molecule has 0 aliphatic carbocycles. The average Bonchev–Trinajstić information content (AvgIpc) is 2.99. The maximum absolute atomic E-state index is 9.15. The zero-order chi connectivity index (χ0) is 19.0. The summed E-state index contributed by atoms with van der Waals surface area (Å²) in [5.74, 6) is 1.07. The van der Waals surface area contributed by atoms with Crippen LogP contribution in [0.25, 0.3) is 16.9 Å². The first-order chi connectivity index (χ1) is 13.1. The molecule has 1 fully saturated rings. The summed E-state index contributed by atoms with van der Waals surface area (Å²) in [7, 11) is 0. The number of fused-ring (bicyclic) bond motifs is 1. The van der Waals surface area contributed by atoms with E-state index in [2.05, 4.69) is 22.8 Å². The van der Waals surface area contributed by atoms with Crippen molar-refractivity contribution in [1.29, 1.82) is 0 Å². The first kappa shape index (κ1) is 18.2. The predicted molar refractivity (Wildman–Crippen MR) is 109 cm³/mol. The van der Waals surface area contributed by atoms with Gasteiger partial charge in [0.15, 0.2) is 5.65 Å². The Balaban J connectivity index is 1.74. The third-order valence-corrected chi connectivity index (χ3v) is 5.41. The number of aryl methyl sites for hydroxylation is 2. The molecule has 1 aliphatic rings. The summed E-state index contributed by atoms with van der Waals surface area (Å²) in [5.41, 5.74) is 4.93. The number of aliphatic hydroxyl groups is 1. The topological polar surface area (TPSA) is 56.9 Å². The lowest BCUT2D eigenvalue weighted by atomic mass is 10.1. The normalized spacial score (nSPS) is 15.6. The Kier molecular flexibility index (Phi) is 5.04. The summed E-state index contributed by atoms with van der Waals surface area (Å²) >= 11 is 6.04. The van der Waals surface area contributed by atoms with Crippen LogP contribution < -0.4 is 4.90 Å². The maximum atomic E-state index is 9.15. The molecule has 1 N–H and O–H groups in total. The summed E-state index contributed by atoms with van der Waals surface area (Å²) < 4.78 is 1.97. The van der Waals surface area contributed by atoms with Gasteiger partial charge in [0.05, 0.1) is 12.3 Å². The van der Waals surface area contributed by atoms with Crippen LogP contribution in [0.15, 0.2) is 30.3 Å². The lowest BCUT2D eigenvalue weighted by Gasteiger charge is -2.35. The molecule has 2 aromatic heterocycles. The first-order valence-electron chi connectivity index (χ1n) is 9.28. The molecule has 27 heavy (non-hydrogen) atoms. The predicted octanol–water partition coefficient (Wildman–Crippen LogP) is 2.78. The molecule has 1 aliphatic heterocycles. The van der Waals surface area contributed by atoms with E-state index in [-0.39, 0.29) is 6.61 Å². The van der Waals surface area contributed by atoms with Crippen molar-refractivity contribution in [1.82, 2.24) is 19.5 Å². The highest BCUT2D eigenvalue weighted by Crippen LogP contribution is 2.29. The van der Waals surface area contributed by atoms with Gasteiger partial charge in [-0.15, -0.1) is 0 Å². The Morgan fingerprint density at radius 3 is 2.44 bits per heavy atom. The molecule has 0 bridgehead atoms. The number of β-amino-alcohol motifs (C(OH)–C–C–N with tert-alkyl or cyclic N) is 1. The van der Waals surface area contributed by atoms with Gasteiger partial charge in [-0.25, -0.2) is 4.98 Å². The summed E-state index contributed by atoms with van der Waals surface area (Å²) in [6.45, 7) is 8.74. The third kappa shape index (κ3) is 3.52. The SMILES string of the molecule is Cc1cc(N2CCN(CCO)CC2)n2nc(-c3ccc(Cl)cc3)c(C)c2n1. The molecule has 1 aromatic carbocycles. The molecule has 0 amide bonds. The van der Waals surface area contributed by atoms with Crippen molar-refractivity contribution in [2.75, 3.05) is 44.2 Å². The number of anilines is 1. The minimum atomic E-state index is 0.210. The van der Waals surface area contributed by atoms with Crippen LogP contribution in [0.4, 0.5) is 5.82 Å². The molecule has 0 spiro atoms. The van der Waals surface area contributed by atoms with Gasteiger partial charge >= 0.3 is 0 Å². The second-order valence-corrected chi connectivity index (χ2v) is 7.46. The number of benzene rings is 1. The van der Waals surface area contributed by atoms with E-state index in [0.717, 1.165) is 71.7 Å². The average molecular weight is 386 g/mol. The third-order valence-electron chi connectivity index (χ3n) is 5.16. The van der Waals surface area contributed by atoms with Crippen molar-refractivity contribution >= 4 is 23.1 Å². The van der Waals surface area contributed by atoms with Gasteiger partial charge in [-0.1, -0.05) is 23.7 Å². The molecule has 142 valence electrons. The Morgan fingerprint density at radius 1 is 1.07 bits per heavy atom. The Labute approximate surface area is 164 Å². The fourth-order valence-electron chi connectivity index (χ4n) is 3.67. The second kappa shape index (κ2) is 7.46. The fourth-order valence-corrected chi connectivity index (χ4v) is 3.80. The van der Waals surface area contributed by atoms with E-state index in [9.17, 15) is 0 Å². The maximum Gasteiger partial charge on any atom is 0.161 e. The van der Waals surface area contributed by atoms with E-state index in [0.29, 0.717) is 0 Å². The summed E-state index contributed by atoms with van der Waals surface area (Å²) in [5, 5.41) is 14.8. The monoisotopic (exact) mass is 385 g/mol. The molecule has 7 heteroatoms. The van der Waals surface area contributed by atoms with Gasteiger partial charge in [-0.05, 0) is 26.0 Å². The van der Waals surface area contributed by atoms with Gasteiger partial charge in [-0.2, -0.15) is 9.61 Å². The van der Waals surface area contributed by atoms with Crippen LogP contribution in [0.1, 0.15) is 11.3 Å². The molecule has 1 saturated heterocycles. The fraction of sp³-hybridized carbons (Fsp3) is 0.400. The van der Waals surface area contributed by atoms with E-state index in [1.54, 1.807) is 0 Å². The molecule has 3 aromatic rings. The standard InChI is InChI=1S/C20H24ClN5O/c1-14-13-18(25-9-7-24(8-10-25)11-12-27)26-20(22-14)15(2)19(23-26)16-3-5-17(21)6-4-16/h3-6,13,27H,7-12H2,1-2H3. The highest BCUT2D eigenvalue weighted by molar-refractivity contribution is 6.30. The Hall–Kier alpha value is -2.15. The van der Waals surface area contributed by atoms with Crippen LogP contribution in [0.3, 0.4) is 0 Å². The van der Waals surface area contributed by atoms with Gasteiger partial charge in [0.2, 0.25) is 0 Å². The van der Waals surface area contributed by atoms with E-state index in [1.807, 2.05) is 35.7 Å². The van der Waals surface area contributed by atoms with Crippen molar-refractivity contribution in [3.63, 3.8) is 0 Å². The molecule has 4 rings (SSSR count). The number of rotatable bonds is 4. The molecule has 3 heterocycles. The van der Waals surface area contributed by atoms with Crippen molar-refractivity contribution in [2.45, 2.75) is 13.8 Å². The molecule has 6 nitrogen and oxygen atoms in total. The van der Waals surface area contributed by atoms with Crippen LogP contribution in [0.5, 0.6) is 0 Å². The second-order valence-electron chi connectivity index (χ2n) is 7.02. The summed E-state index contributed by atoms with van der Waals surface area (Å²) in [6, 6.07) is 9.88. The molecule has 0 saturated carbocycles. The number of piperazine rings is 1. The Morgan fingerprint density at radius 2 is 1.78 bits per heavy atom. The summed E-state index contributed by atoms with van der Waals surface area (Å²) in [6.07, 6.45) is 0. The van der Waals surface area contributed by atoms with Crippen molar-refractivity contribution in [3.05, 3.63) is 46.6 Å². The molecule has 0 radical (unpaired) electrons. The summed E-state index contributed by atoms with van der Waals surface area (Å²) in [4.78, 5) is 9.38.